The summed E-state index contributed by atoms with van der Waals surface area (Å²) in [5.74, 6) is 1.06. The number of nitrogens with two attached hydrogens (primary N) is 1. The molecule has 0 radical (unpaired) electrons. The topological polar surface area (TPSA) is 101 Å². The molecule has 4 fully saturated rings. The minimum absolute atomic E-state index is 0.0741. The fourth-order valence-electron chi connectivity index (χ4n) is 5.05. The lowest BCUT2D eigenvalue weighted by Gasteiger charge is -2.54. The molecule has 124 valence electrons. The number of carboxylic acid groups (broad SMARTS) is 1. The number of carbonyl (C=O) groups is 2. The Morgan fingerprint density at radius 3 is 1.83 bits per heavy atom. The molecule has 0 unspecified atom stereocenters. The summed E-state index contributed by atoms with van der Waals surface area (Å²) >= 11 is 0. The molecule has 1 aromatic rings. The van der Waals surface area contributed by atoms with E-state index in [1.807, 2.05) is 0 Å². The lowest BCUT2D eigenvalue weighted by Crippen LogP contribution is -2.49. The van der Waals surface area contributed by atoms with Crippen LogP contribution in [0.15, 0.2) is 24.3 Å². The summed E-state index contributed by atoms with van der Waals surface area (Å²) in [6, 6.07) is 6.15. The summed E-state index contributed by atoms with van der Waals surface area (Å²) in [5, 5.41) is 18.3. The van der Waals surface area contributed by atoms with Gasteiger partial charge in [-0.25, -0.2) is 0 Å². The number of para-hydroxylation sites is 1. The molecule has 5 heteroatoms. The van der Waals surface area contributed by atoms with Gasteiger partial charge in [-0.15, -0.1) is 0 Å². The van der Waals surface area contributed by atoms with Crippen LogP contribution in [-0.2, 0) is 4.79 Å². The zero-order valence-electron chi connectivity index (χ0n) is 13.1. The highest BCUT2D eigenvalue weighted by atomic mass is 16.4. The van der Waals surface area contributed by atoms with Crippen molar-refractivity contribution < 1.29 is 19.8 Å². The Morgan fingerprint density at radius 2 is 1.48 bits per heavy atom. The Balaban J connectivity index is 0.000000142. The van der Waals surface area contributed by atoms with Crippen molar-refractivity contribution in [1.82, 2.24) is 0 Å². The monoisotopic (exact) mass is 317 g/mol. The third kappa shape index (κ3) is 3.05. The maximum absolute atomic E-state index is 11.3. The fraction of sp³-hybridized carbons (Fsp3) is 0.556. The summed E-state index contributed by atoms with van der Waals surface area (Å²) in [7, 11) is 0. The van der Waals surface area contributed by atoms with Gasteiger partial charge in [-0.05, 0) is 68.4 Å². The minimum Gasteiger partial charge on any atom is -0.507 e. The molecule has 4 bridgehead atoms. The van der Waals surface area contributed by atoms with Crippen molar-refractivity contribution >= 4 is 11.9 Å². The first-order valence-electron chi connectivity index (χ1n) is 8.21. The molecule has 5 nitrogen and oxygen atoms in total. The number of hydrogen-bond donors (Lipinski definition) is 3. The maximum Gasteiger partial charge on any atom is 0.309 e. The zero-order chi connectivity index (χ0) is 16.6. The van der Waals surface area contributed by atoms with E-state index in [1.165, 1.54) is 31.4 Å². The van der Waals surface area contributed by atoms with Crippen LogP contribution in [0.3, 0.4) is 0 Å². The molecule has 4 aliphatic rings. The number of benzene rings is 1. The molecule has 0 saturated heterocycles. The molecule has 0 aliphatic heterocycles. The lowest BCUT2D eigenvalue weighted by atomic mass is 9.49. The van der Waals surface area contributed by atoms with Crippen molar-refractivity contribution in [2.24, 2.45) is 28.9 Å². The molecule has 4 N–H and O–H groups in total. The van der Waals surface area contributed by atoms with E-state index in [0.29, 0.717) is 0 Å². The minimum atomic E-state index is -0.613. The van der Waals surface area contributed by atoms with Gasteiger partial charge in [0.2, 0.25) is 0 Å². The van der Waals surface area contributed by atoms with Gasteiger partial charge in [0.1, 0.15) is 5.75 Å². The van der Waals surface area contributed by atoms with E-state index in [-0.39, 0.29) is 16.7 Å². The van der Waals surface area contributed by atoms with Crippen LogP contribution in [0.4, 0.5) is 0 Å². The van der Waals surface area contributed by atoms with Crippen molar-refractivity contribution in [2.75, 3.05) is 0 Å². The molecular formula is C18H23NO4. The van der Waals surface area contributed by atoms with Gasteiger partial charge >= 0.3 is 5.97 Å². The largest absolute Gasteiger partial charge is 0.507 e. The molecule has 0 spiro atoms. The van der Waals surface area contributed by atoms with Crippen molar-refractivity contribution in [2.45, 2.75) is 38.5 Å². The number of amides is 1. The second kappa shape index (κ2) is 5.87. The van der Waals surface area contributed by atoms with Gasteiger partial charge in [0.15, 0.2) is 0 Å². The summed E-state index contributed by atoms with van der Waals surface area (Å²) in [4.78, 5) is 21.7. The molecule has 1 aromatic carbocycles. The smallest absolute Gasteiger partial charge is 0.309 e. The van der Waals surface area contributed by atoms with Gasteiger partial charge < -0.3 is 15.9 Å². The second-order valence-electron chi connectivity index (χ2n) is 7.38. The molecule has 0 atom stereocenters. The number of carbonyl (C=O) groups excluding carboxylic acids is 1. The molecule has 0 aromatic heterocycles. The Morgan fingerprint density at radius 1 is 1.00 bits per heavy atom. The molecule has 4 aliphatic carbocycles. The average Bonchev–Trinajstić information content (AvgIpc) is 2.46. The molecule has 5 rings (SSSR count). The van der Waals surface area contributed by atoms with Crippen LogP contribution in [0.25, 0.3) is 0 Å². The predicted molar refractivity (Wildman–Crippen MR) is 84.9 cm³/mol. The highest BCUT2D eigenvalue weighted by Gasteiger charge is 2.54. The standard InChI is InChI=1S/C11H16O2.C7H7NO2/c12-10(13)11-4-7-1-8(5-11)3-9(2-7)6-11;8-7(10)5-3-1-2-4-6(5)9/h7-9H,1-6H2,(H,12,13);1-4,9H,(H2,8,10). The van der Waals surface area contributed by atoms with Crippen molar-refractivity contribution in [3.05, 3.63) is 29.8 Å². The van der Waals surface area contributed by atoms with E-state index in [0.717, 1.165) is 37.0 Å². The lowest BCUT2D eigenvalue weighted by molar-refractivity contribution is -0.164. The highest BCUT2D eigenvalue weighted by Crippen LogP contribution is 2.59. The van der Waals surface area contributed by atoms with E-state index >= 15 is 0 Å². The molecule has 4 saturated carbocycles. The van der Waals surface area contributed by atoms with Gasteiger partial charge in [0, 0.05) is 0 Å². The zero-order valence-corrected chi connectivity index (χ0v) is 13.1. The van der Waals surface area contributed by atoms with Gasteiger partial charge in [-0.3, -0.25) is 9.59 Å². The van der Waals surface area contributed by atoms with Crippen LogP contribution in [0.1, 0.15) is 48.9 Å². The number of hydrogen-bond acceptors (Lipinski definition) is 3. The van der Waals surface area contributed by atoms with Gasteiger partial charge in [-0.1, -0.05) is 12.1 Å². The van der Waals surface area contributed by atoms with Crippen LogP contribution in [-0.4, -0.2) is 22.1 Å². The second-order valence-corrected chi connectivity index (χ2v) is 7.38. The average molecular weight is 317 g/mol. The van der Waals surface area contributed by atoms with Crippen LogP contribution in [0.5, 0.6) is 5.75 Å². The van der Waals surface area contributed by atoms with E-state index in [2.05, 4.69) is 0 Å². The highest BCUT2D eigenvalue weighted by molar-refractivity contribution is 5.95. The quantitative estimate of drug-likeness (QED) is 0.780. The number of aromatic hydroxyl groups is 1. The number of rotatable bonds is 2. The van der Waals surface area contributed by atoms with E-state index < -0.39 is 11.9 Å². The maximum atomic E-state index is 11.3. The molecule has 0 heterocycles. The van der Waals surface area contributed by atoms with Crippen LogP contribution < -0.4 is 5.73 Å². The number of carboxylic acids is 1. The fourth-order valence-corrected chi connectivity index (χ4v) is 5.05. The van der Waals surface area contributed by atoms with Gasteiger partial charge in [0.25, 0.3) is 5.91 Å². The first-order valence-corrected chi connectivity index (χ1v) is 8.21. The molecule has 23 heavy (non-hydrogen) atoms. The Bertz CT molecular complexity index is 590. The first-order chi connectivity index (χ1) is 10.9. The van der Waals surface area contributed by atoms with Gasteiger partial charge in [0.05, 0.1) is 11.0 Å². The van der Waals surface area contributed by atoms with E-state index in [1.54, 1.807) is 12.1 Å². The Hall–Kier alpha value is -2.04. The normalized spacial score (nSPS) is 33.7. The predicted octanol–water partition coefficient (Wildman–Crippen LogP) is 2.78. The van der Waals surface area contributed by atoms with Crippen molar-refractivity contribution in [3.63, 3.8) is 0 Å². The third-order valence-corrected chi connectivity index (χ3v) is 5.66. The summed E-state index contributed by atoms with van der Waals surface area (Å²) in [6.45, 7) is 0. The summed E-state index contributed by atoms with van der Waals surface area (Å²) < 4.78 is 0. The van der Waals surface area contributed by atoms with E-state index in [4.69, 9.17) is 10.8 Å². The van der Waals surface area contributed by atoms with E-state index in [9.17, 15) is 14.7 Å². The summed E-state index contributed by atoms with van der Waals surface area (Å²) in [5.41, 5.74) is 4.79. The van der Waals surface area contributed by atoms with Crippen LogP contribution in [0.2, 0.25) is 0 Å². The molecular weight excluding hydrogens is 294 g/mol. The summed E-state index contributed by atoms with van der Waals surface area (Å²) in [6.07, 6.45) is 6.92. The Labute approximate surface area is 135 Å². The number of primary amides is 1. The van der Waals surface area contributed by atoms with Crippen LogP contribution in [0, 0.1) is 23.2 Å². The third-order valence-electron chi connectivity index (χ3n) is 5.66. The number of phenols is 1. The molecule has 1 amide bonds. The Kier molecular flexibility index (Phi) is 4.04. The van der Waals surface area contributed by atoms with Gasteiger partial charge in [-0.2, -0.15) is 0 Å². The first kappa shape index (κ1) is 15.8. The van der Waals surface area contributed by atoms with Crippen molar-refractivity contribution in [3.8, 4) is 5.75 Å². The number of aliphatic carboxylic acids is 1. The SMILES string of the molecule is NC(=O)c1ccccc1O.O=C(O)C12CC3CC(CC(C3)C1)C2. The van der Waals surface area contributed by atoms with Crippen molar-refractivity contribution in [1.29, 1.82) is 0 Å². The van der Waals surface area contributed by atoms with Crippen LogP contribution >= 0.6 is 0 Å².